The Morgan fingerprint density at radius 3 is 1.90 bits per heavy atom. The van der Waals surface area contributed by atoms with Crippen LogP contribution in [0.5, 0.6) is 0 Å². The summed E-state index contributed by atoms with van der Waals surface area (Å²) in [4.78, 5) is 25.8. The van der Waals surface area contributed by atoms with Crippen molar-refractivity contribution in [3.63, 3.8) is 0 Å². The van der Waals surface area contributed by atoms with Gasteiger partial charge in [0.2, 0.25) is 0 Å². The Balaban J connectivity index is 1.74. The summed E-state index contributed by atoms with van der Waals surface area (Å²) in [5, 5.41) is 2.23. The highest BCUT2D eigenvalue weighted by molar-refractivity contribution is 6.99. The molecule has 0 radical (unpaired) electrons. The molecular formula is C44H60O5Si. The third kappa shape index (κ3) is 9.12. The Labute approximate surface area is 303 Å². The van der Waals surface area contributed by atoms with Gasteiger partial charge in [-0.1, -0.05) is 131 Å². The van der Waals surface area contributed by atoms with Crippen LogP contribution in [0, 0.1) is 28.6 Å². The summed E-state index contributed by atoms with van der Waals surface area (Å²) in [5.41, 5.74) is 2.00. The van der Waals surface area contributed by atoms with Gasteiger partial charge in [-0.2, -0.15) is 0 Å². The van der Waals surface area contributed by atoms with Crippen molar-refractivity contribution in [2.24, 2.45) is 28.6 Å². The van der Waals surface area contributed by atoms with Crippen LogP contribution in [0.1, 0.15) is 87.1 Å². The molecule has 0 aliphatic heterocycles. The van der Waals surface area contributed by atoms with Gasteiger partial charge in [-0.3, -0.25) is 9.59 Å². The fourth-order valence-corrected chi connectivity index (χ4v) is 12.3. The zero-order valence-corrected chi connectivity index (χ0v) is 33.0. The van der Waals surface area contributed by atoms with Crippen molar-refractivity contribution in [1.29, 1.82) is 0 Å². The van der Waals surface area contributed by atoms with Gasteiger partial charge in [0.05, 0.1) is 18.6 Å². The molecule has 0 N–H and O–H groups in total. The first-order valence-corrected chi connectivity index (χ1v) is 20.2. The average molecular weight is 697 g/mol. The van der Waals surface area contributed by atoms with E-state index in [9.17, 15) is 9.59 Å². The van der Waals surface area contributed by atoms with E-state index in [-0.39, 0.29) is 35.4 Å². The van der Waals surface area contributed by atoms with Gasteiger partial charge in [0.15, 0.2) is 0 Å². The zero-order valence-electron chi connectivity index (χ0n) is 32.0. The molecule has 0 amide bonds. The molecule has 0 aromatic heterocycles. The maximum atomic E-state index is 13.3. The highest BCUT2D eigenvalue weighted by atomic mass is 28.4. The summed E-state index contributed by atoms with van der Waals surface area (Å²) in [6, 6.07) is 31.6. The van der Waals surface area contributed by atoms with Gasteiger partial charge < -0.3 is 13.9 Å². The molecule has 6 heteroatoms. The fourth-order valence-electron chi connectivity index (χ4n) is 7.71. The maximum absolute atomic E-state index is 13.3. The normalized spacial score (nSPS) is 19.9. The average Bonchev–Trinajstić information content (AvgIpc) is 3.09. The minimum absolute atomic E-state index is 0.120. The summed E-state index contributed by atoms with van der Waals surface area (Å²) in [5.74, 6) is 0.202. The van der Waals surface area contributed by atoms with Crippen molar-refractivity contribution < 1.29 is 23.5 Å². The van der Waals surface area contributed by atoms with Crippen LogP contribution in [0.25, 0.3) is 0 Å². The lowest BCUT2D eigenvalue weighted by molar-refractivity contribution is -0.159. The number of allylic oxidation sites excluding steroid dienone is 1. The molecule has 3 aromatic carbocycles. The van der Waals surface area contributed by atoms with E-state index in [1.54, 1.807) is 0 Å². The van der Waals surface area contributed by atoms with E-state index in [2.05, 4.69) is 114 Å². The molecule has 3 aromatic rings. The van der Waals surface area contributed by atoms with Crippen molar-refractivity contribution in [2.45, 2.75) is 93.2 Å². The largest absolute Gasteiger partial charge is 0.465 e. The molecule has 1 aliphatic rings. The second kappa shape index (κ2) is 16.8. The first-order chi connectivity index (χ1) is 23.6. The standard InChI is InChI=1S/C44H60O5Si/c1-33(34(2)29-47-30-36-19-13-10-14-20-36)27-44(32-48-41(46)42(4,5)6)26-25-37(28-45)35(3)40(44)31-49-50(43(7,8)9,38-21-15-11-16-22-38)39-23-17-12-18-24-39/h10-24,28,33-34,40H,25-27,29-32H2,1-9H3/t33-,34-,40-,44-/m0/s1. The molecule has 1 aliphatic carbocycles. The van der Waals surface area contributed by atoms with E-state index < -0.39 is 19.1 Å². The number of esters is 1. The number of hydrogen-bond donors (Lipinski definition) is 0. The van der Waals surface area contributed by atoms with Crippen molar-refractivity contribution >= 4 is 30.9 Å². The van der Waals surface area contributed by atoms with Crippen LogP contribution >= 0.6 is 0 Å². The Hall–Kier alpha value is -3.32. The number of aldehydes is 1. The number of ether oxygens (including phenoxy) is 2. The molecule has 0 fully saturated rings. The second-order valence-corrected chi connectivity index (χ2v) is 21.0. The number of benzene rings is 3. The highest BCUT2D eigenvalue weighted by Gasteiger charge is 2.53. The van der Waals surface area contributed by atoms with Crippen LogP contribution in [0.3, 0.4) is 0 Å². The zero-order chi connectivity index (χ0) is 36.6. The number of rotatable bonds is 15. The van der Waals surface area contributed by atoms with Gasteiger partial charge in [-0.15, -0.1) is 0 Å². The first kappa shape index (κ1) is 39.5. The predicted molar refractivity (Wildman–Crippen MR) is 207 cm³/mol. The Morgan fingerprint density at radius 2 is 1.40 bits per heavy atom. The lowest BCUT2D eigenvalue weighted by Crippen LogP contribution is -2.67. The fraction of sp³-hybridized carbons (Fsp3) is 0.500. The molecule has 0 unspecified atom stereocenters. The molecule has 270 valence electrons. The summed E-state index contributed by atoms with van der Waals surface area (Å²) >= 11 is 0. The van der Waals surface area contributed by atoms with E-state index in [0.717, 1.165) is 35.8 Å². The molecule has 0 heterocycles. The van der Waals surface area contributed by atoms with E-state index in [1.165, 1.54) is 10.4 Å². The highest BCUT2D eigenvalue weighted by Crippen LogP contribution is 2.50. The molecule has 50 heavy (non-hydrogen) atoms. The lowest BCUT2D eigenvalue weighted by Gasteiger charge is -2.49. The minimum Gasteiger partial charge on any atom is -0.465 e. The SMILES string of the molecule is CC1=C(C=O)CC[C@@](COC(=O)C(C)(C)C)(C[C@H](C)[C@@H](C)COCc2ccccc2)[C@H]1CO[Si](c1ccccc1)(c1ccccc1)C(C)(C)C. The Kier molecular flexibility index (Phi) is 13.3. The maximum Gasteiger partial charge on any atom is 0.311 e. The monoisotopic (exact) mass is 696 g/mol. The molecular weight excluding hydrogens is 637 g/mol. The third-order valence-electron chi connectivity index (χ3n) is 11.0. The van der Waals surface area contributed by atoms with E-state index in [0.29, 0.717) is 26.2 Å². The van der Waals surface area contributed by atoms with E-state index >= 15 is 0 Å². The minimum atomic E-state index is -2.88. The van der Waals surface area contributed by atoms with Crippen molar-refractivity contribution in [1.82, 2.24) is 0 Å². The molecule has 0 saturated heterocycles. The quantitative estimate of drug-likeness (QED) is 0.0903. The predicted octanol–water partition coefficient (Wildman–Crippen LogP) is 8.94. The van der Waals surface area contributed by atoms with Crippen LogP contribution in [-0.4, -0.2) is 40.4 Å². The third-order valence-corrected chi connectivity index (χ3v) is 16.0. The lowest BCUT2D eigenvalue weighted by atomic mass is 9.60. The smallest absolute Gasteiger partial charge is 0.311 e. The molecule has 4 atom stereocenters. The Bertz CT molecular complexity index is 1520. The summed E-state index contributed by atoms with van der Waals surface area (Å²) in [6.45, 7) is 21.1. The van der Waals surface area contributed by atoms with Crippen molar-refractivity contribution in [2.75, 3.05) is 19.8 Å². The van der Waals surface area contributed by atoms with E-state index in [1.807, 2.05) is 39.0 Å². The van der Waals surface area contributed by atoms with Gasteiger partial charge in [0.25, 0.3) is 8.32 Å². The van der Waals surface area contributed by atoms with Crippen LogP contribution in [0.2, 0.25) is 5.04 Å². The second-order valence-electron chi connectivity index (χ2n) is 16.7. The summed E-state index contributed by atoms with van der Waals surface area (Å²) < 4.78 is 20.1. The molecule has 0 spiro atoms. The molecule has 0 saturated carbocycles. The van der Waals surface area contributed by atoms with Gasteiger partial charge in [0, 0.05) is 24.5 Å². The molecule has 4 rings (SSSR count). The van der Waals surface area contributed by atoms with Crippen molar-refractivity contribution in [3.8, 4) is 0 Å². The van der Waals surface area contributed by atoms with Gasteiger partial charge in [0.1, 0.15) is 6.29 Å². The summed E-state index contributed by atoms with van der Waals surface area (Å²) in [7, 11) is -2.88. The number of carbonyl (C=O) groups excluding carboxylic acids is 2. The van der Waals surface area contributed by atoms with Gasteiger partial charge in [-0.25, -0.2) is 0 Å². The van der Waals surface area contributed by atoms with Gasteiger partial charge >= 0.3 is 5.97 Å². The van der Waals surface area contributed by atoms with Crippen molar-refractivity contribution in [3.05, 3.63) is 108 Å². The Morgan fingerprint density at radius 1 is 0.860 bits per heavy atom. The summed E-state index contributed by atoms with van der Waals surface area (Å²) in [6.07, 6.45) is 3.24. The van der Waals surface area contributed by atoms with Gasteiger partial charge in [-0.05, 0) is 85.3 Å². The topological polar surface area (TPSA) is 61.8 Å². The molecule has 0 bridgehead atoms. The van der Waals surface area contributed by atoms with Crippen LogP contribution < -0.4 is 10.4 Å². The van der Waals surface area contributed by atoms with E-state index in [4.69, 9.17) is 13.9 Å². The number of carbonyl (C=O) groups is 2. The first-order valence-electron chi connectivity index (χ1n) is 18.3. The number of hydrogen-bond acceptors (Lipinski definition) is 5. The van der Waals surface area contributed by atoms with Crippen LogP contribution in [0.15, 0.2) is 102 Å². The molecule has 5 nitrogen and oxygen atoms in total. The van der Waals surface area contributed by atoms with Crippen LogP contribution in [-0.2, 0) is 30.1 Å². The van der Waals surface area contributed by atoms with Crippen LogP contribution in [0.4, 0.5) is 0 Å².